The Bertz CT molecular complexity index is 956. The molecule has 0 amide bonds. The Morgan fingerprint density at radius 1 is 1.25 bits per heavy atom. The van der Waals surface area contributed by atoms with Crippen molar-refractivity contribution in [2.75, 3.05) is 6.61 Å². The molecule has 0 bridgehead atoms. The van der Waals surface area contributed by atoms with Gasteiger partial charge in [0.15, 0.2) is 11.6 Å². The Kier molecular flexibility index (Phi) is 5.33. The van der Waals surface area contributed by atoms with Crippen LogP contribution in [0.1, 0.15) is 53.4 Å². The highest BCUT2D eigenvalue weighted by atomic mass is 35.5. The van der Waals surface area contributed by atoms with Crippen molar-refractivity contribution in [3.8, 4) is 0 Å². The number of esters is 1. The number of hydrogen-bond donors (Lipinski definition) is 3. The lowest BCUT2D eigenvalue weighted by Crippen LogP contribution is -2.69. The molecule has 0 saturated heterocycles. The summed E-state index contributed by atoms with van der Waals surface area (Å²) in [5.74, 6) is -2.35. The lowest BCUT2D eigenvalue weighted by molar-refractivity contribution is -0.181. The quantitative estimate of drug-likeness (QED) is 0.430. The minimum Gasteiger partial charge on any atom is -0.430 e. The predicted octanol–water partition coefficient (Wildman–Crippen LogP) is 2.06. The first-order valence-corrected chi connectivity index (χ1v) is 11.5. The molecule has 32 heavy (non-hydrogen) atoms. The van der Waals surface area contributed by atoms with Crippen molar-refractivity contribution in [2.24, 2.45) is 28.6 Å². The van der Waals surface area contributed by atoms with Crippen molar-refractivity contribution in [2.45, 2.75) is 70.0 Å². The van der Waals surface area contributed by atoms with Crippen LogP contribution in [0, 0.1) is 28.6 Å². The van der Waals surface area contributed by atoms with Crippen molar-refractivity contribution < 1.29 is 34.4 Å². The maximum atomic E-state index is 12.7. The Balaban J connectivity index is 1.87. The van der Waals surface area contributed by atoms with Gasteiger partial charge in [-0.1, -0.05) is 19.4 Å². The number of aliphatic hydroxyl groups is 3. The molecule has 0 aliphatic heterocycles. The smallest absolute Gasteiger partial charge is 0.307 e. The second-order valence-corrected chi connectivity index (χ2v) is 11.1. The van der Waals surface area contributed by atoms with Crippen molar-refractivity contribution in [1.82, 2.24) is 0 Å². The molecule has 176 valence electrons. The van der Waals surface area contributed by atoms with E-state index in [0.29, 0.717) is 24.8 Å². The molecule has 3 N–H and O–H groups in total. The van der Waals surface area contributed by atoms with E-state index in [0.717, 1.165) is 0 Å². The van der Waals surface area contributed by atoms with Crippen LogP contribution in [0.2, 0.25) is 0 Å². The number of carbonyl (C=O) groups excluding carboxylic acids is 3. The molecule has 0 heterocycles. The molecule has 4 rings (SSSR count). The average Bonchev–Trinajstić information content (AvgIpc) is 2.90. The normalized spacial score (nSPS) is 47.6. The Hall–Kier alpha value is -1.54. The van der Waals surface area contributed by atoms with Crippen molar-refractivity contribution in [3.63, 3.8) is 0 Å². The summed E-state index contributed by atoms with van der Waals surface area (Å²) in [5, 5.41) is 32.7. The van der Waals surface area contributed by atoms with Crippen molar-refractivity contribution in [1.29, 1.82) is 0 Å². The van der Waals surface area contributed by atoms with Crippen LogP contribution in [-0.4, -0.2) is 56.0 Å². The van der Waals surface area contributed by atoms with Gasteiger partial charge in [-0.25, -0.2) is 0 Å². The number of Topliss-reactive ketones (excluding diaryl/α,β-unsaturated/α-hetero) is 1. The van der Waals surface area contributed by atoms with E-state index in [9.17, 15) is 29.7 Å². The summed E-state index contributed by atoms with van der Waals surface area (Å²) in [6.07, 6.45) is 3.22. The molecule has 0 spiro atoms. The molecular formula is C24H31ClO7. The Labute approximate surface area is 192 Å². The van der Waals surface area contributed by atoms with E-state index in [1.165, 1.54) is 19.1 Å². The van der Waals surface area contributed by atoms with Gasteiger partial charge in [-0.3, -0.25) is 14.4 Å². The summed E-state index contributed by atoms with van der Waals surface area (Å²) >= 11 is 7.40. The zero-order valence-electron chi connectivity index (χ0n) is 18.9. The molecule has 0 aromatic carbocycles. The molecule has 3 saturated carbocycles. The van der Waals surface area contributed by atoms with Gasteiger partial charge in [0.25, 0.3) is 0 Å². The highest BCUT2D eigenvalue weighted by Gasteiger charge is 2.75. The number of halogens is 1. The maximum Gasteiger partial charge on any atom is 0.307 e. The fourth-order valence-corrected chi connectivity index (χ4v) is 8.19. The first kappa shape index (κ1) is 23.6. The number of hydrogen-bond acceptors (Lipinski definition) is 7. The van der Waals surface area contributed by atoms with E-state index in [4.69, 9.17) is 16.3 Å². The molecule has 8 heteroatoms. The van der Waals surface area contributed by atoms with Gasteiger partial charge in [-0.2, -0.15) is 0 Å². The molecule has 8 atom stereocenters. The van der Waals surface area contributed by atoms with Crippen LogP contribution >= 0.6 is 11.6 Å². The highest BCUT2D eigenvalue weighted by molar-refractivity contribution is 6.26. The SMILES string of the molecule is CC(=O)OC1=CC(=O)C=C2CC[C@H]3[C@@H]4C[C@H](C)[C@](O)(C(=O)CO)[C@@]4(C)C[C@H](O)[C@]3(Cl)[C@@]21C. The van der Waals surface area contributed by atoms with Gasteiger partial charge in [-0.15, -0.1) is 11.6 Å². The van der Waals surface area contributed by atoms with E-state index >= 15 is 0 Å². The number of aliphatic hydroxyl groups excluding tert-OH is 2. The lowest BCUT2D eigenvalue weighted by Gasteiger charge is -2.64. The second kappa shape index (κ2) is 7.23. The predicted molar refractivity (Wildman–Crippen MR) is 115 cm³/mol. The molecule has 0 radical (unpaired) electrons. The van der Waals surface area contributed by atoms with Gasteiger partial charge in [0.1, 0.15) is 18.0 Å². The van der Waals surface area contributed by atoms with E-state index < -0.39 is 51.7 Å². The van der Waals surface area contributed by atoms with E-state index in [1.54, 1.807) is 20.8 Å². The minimum absolute atomic E-state index is 0.0361. The molecule has 4 aliphatic carbocycles. The first-order valence-electron chi connectivity index (χ1n) is 11.2. The van der Waals surface area contributed by atoms with Gasteiger partial charge in [0, 0.05) is 18.4 Å². The number of fused-ring (bicyclic) bond motifs is 5. The Morgan fingerprint density at radius 3 is 2.50 bits per heavy atom. The minimum atomic E-state index is -1.78. The molecule has 0 unspecified atom stereocenters. The summed E-state index contributed by atoms with van der Waals surface area (Å²) in [6.45, 7) is 5.87. The topological polar surface area (TPSA) is 121 Å². The molecular weight excluding hydrogens is 436 g/mol. The van der Waals surface area contributed by atoms with E-state index in [2.05, 4.69) is 0 Å². The third kappa shape index (κ3) is 2.62. The van der Waals surface area contributed by atoms with E-state index in [-0.39, 0.29) is 29.8 Å². The largest absolute Gasteiger partial charge is 0.430 e. The summed E-state index contributed by atoms with van der Waals surface area (Å²) in [7, 11) is 0. The second-order valence-electron chi connectivity index (χ2n) is 10.4. The summed E-state index contributed by atoms with van der Waals surface area (Å²) < 4.78 is 5.48. The van der Waals surface area contributed by atoms with Crippen LogP contribution in [0.4, 0.5) is 0 Å². The van der Waals surface area contributed by atoms with Crippen LogP contribution in [0.25, 0.3) is 0 Å². The lowest BCUT2D eigenvalue weighted by atomic mass is 9.45. The summed E-state index contributed by atoms with van der Waals surface area (Å²) in [4.78, 5) is 35.6. The third-order valence-electron chi connectivity index (χ3n) is 9.18. The van der Waals surface area contributed by atoms with Gasteiger partial charge < -0.3 is 20.1 Å². The number of carbonyl (C=O) groups is 3. The highest BCUT2D eigenvalue weighted by Crippen LogP contribution is 2.72. The molecule has 4 aliphatic rings. The van der Waals surface area contributed by atoms with Crippen LogP contribution in [0.5, 0.6) is 0 Å². The summed E-state index contributed by atoms with van der Waals surface area (Å²) in [5.41, 5.74) is -3.16. The van der Waals surface area contributed by atoms with Gasteiger partial charge >= 0.3 is 5.97 Å². The number of ketones is 2. The monoisotopic (exact) mass is 466 g/mol. The molecule has 7 nitrogen and oxygen atoms in total. The first-order chi connectivity index (χ1) is 14.8. The van der Waals surface area contributed by atoms with Gasteiger partial charge in [0.2, 0.25) is 0 Å². The van der Waals surface area contributed by atoms with Crippen molar-refractivity contribution in [3.05, 3.63) is 23.5 Å². The maximum absolute atomic E-state index is 12.7. The van der Waals surface area contributed by atoms with E-state index in [1.807, 2.05) is 0 Å². The summed E-state index contributed by atoms with van der Waals surface area (Å²) in [6, 6.07) is 0. The standard InChI is InChI=1S/C24H31ClO7/c1-12-7-17-16-6-5-14-8-15(28)9-20(32-13(2)27)22(14,4)23(16,25)18(29)10-21(17,3)24(12,31)19(30)11-26/h8-9,12,16-18,26,29,31H,5-7,10-11H2,1-4H3/t12-,16-,17-,18-,21-,22-,23-,24-/m0/s1. The molecule has 3 fully saturated rings. The zero-order chi connectivity index (χ0) is 23.9. The molecule has 0 aromatic heterocycles. The van der Waals surface area contributed by atoms with Crippen LogP contribution < -0.4 is 0 Å². The van der Waals surface area contributed by atoms with Crippen LogP contribution in [-0.2, 0) is 19.1 Å². The Morgan fingerprint density at radius 2 is 1.91 bits per heavy atom. The van der Waals surface area contributed by atoms with Crippen LogP contribution in [0.3, 0.4) is 0 Å². The fraction of sp³-hybridized carbons (Fsp3) is 0.708. The fourth-order valence-electron chi connectivity index (χ4n) is 7.64. The van der Waals surface area contributed by atoms with Gasteiger partial charge in [-0.05, 0) is 56.4 Å². The number of rotatable bonds is 3. The molecule has 0 aromatic rings. The zero-order valence-corrected chi connectivity index (χ0v) is 19.6. The van der Waals surface area contributed by atoms with Gasteiger partial charge in [0.05, 0.1) is 16.4 Å². The number of allylic oxidation sites excluding steroid dienone is 3. The number of alkyl halides is 1. The third-order valence-corrected chi connectivity index (χ3v) is 10.1. The average molecular weight is 467 g/mol. The number of ether oxygens (including phenoxy) is 1. The van der Waals surface area contributed by atoms with Crippen molar-refractivity contribution >= 4 is 29.1 Å². The van der Waals surface area contributed by atoms with Crippen LogP contribution in [0.15, 0.2) is 23.5 Å².